The van der Waals surface area contributed by atoms with Crippen molar-refractivity contribution in [2.24, 2.45) is 0 Å². The number of anilines is 1. The summed E-state index contributed by atoms with van der Waals surface area (Å²) in [6.45, 7) is 5.07. The second-order valence-corrected chi connectivity index (χ2v) is 4.46. The van der Waals surface area contributed by atoms with Gasteiger partial charge in [-0.15, -0.1) is 0 Å². The Morgan fingerprint density at radius 3 is 2.81 bits per heavy atom. The van der Waals surface area contributed by atoms with E-state index < -0.39 is 0 Å². The first-order valence-electron chi connectivity index (χ1n) is 6.57. The molecular formula is C12H16ClN7O. The quantitative estimate of drug-likeness (QED) is 0.844. The van der Waals surface area contributed by atoms with Crippen LogP contribution in [0.15, 0.2) is 18.5 Å². The third kappa shape index (κ3) is 3.88. The molecule has 0 fully saturated rings. The van der Waals surface area contributed by atoms with Gasteiger partial charge in [0.05, 0.1) is 6.54 Å². The molecule has 0 bridgehead atoms. The SMILES string of the molecule is CCNC(=O)CN(CC)c1nc(Cl)nc(-n2cccn2)n1. The number of nitrogens with zero attached hydrogens (tertiary/aromatic N) is 6. The van der Waals surface area contributed by atoms with Crippen LogP contribution in [0.3, 0.4) is 0 Å². The molecule has 0 saturated heterocycles. The van der Waals surface area contributed by atoms with Crippen molar-refractivity contribution in [3.05, 3.63) is 23.7 Å². The highest BCUT2D eigenvalue weighted by atomic mass is 35.5. The minimum Gasteiger partial charge on any atom is -0.355 e. The Kier molecular flexibility index (Phi) is 5.04. The van der Waals surface area contributed by atoms with Gasteiger partial charge in [-0.2, -0.15) is 20.1 Å². The van der Waals surface area contributed by atoms with Gasteiger partial charge in [-0.3, -0.25) is 4.79 Å². The fraction of sp³-hybridized carbons (Fsp3) is 0.417. The van der Waals surface area contributed by atoms with Crippen LogP contribution in [0.25, 0.3) is 5.95 Å². The molecule has 0 aliphatic heterocycles. The molecule has 0 atom stereocenters. The number of nitrogens with one attached hydrogen (secondary N) is 1. The Bertz CT molecular complexity index is 602. The van der Waals surface area contributed by atoms with Crippen LogP contribution in [-0.2, 0) is 4.79 Å². The van der Waals surface area contributed by atoms with Crippen molar-refractivity contribution in [3.8, 4) is 5.95 Å². The number of amides is 1. The molecule has 2 rings (SSSR count). The van der Waals surface area contributed by atoms with E-state index in [1.165, 1.54) is 4.68 Å². The van der Waals surface area contributed by atoms with Gasteiger partial charge in [0, 0.05) is 25.5 Å². The predicted molar refractivity (Wildman–Crippen MR) is 78.5 cm³/mol. The molecule has 9 heteroatoms. The molecule has 0 radical (unpaired) electrons. The summed E-state index contributed by atoms with van der Waals surface area (Å²) in [6, 6.07) is 1.75. The van der Waals surface area contributed by atoms with Crippen molar-refractivity contribution >= 4 is 23.5 Å². The standard InChI is InChI=1S/C12H16ClN7O/c1-3-14-9(21)8-19(4-2)11-16-10(13)17-12(18-11)20-7-5-6-15-20/h5-7H,3-4,8H2,1-2H3,(H,14,21). The zero-order valence-corrected chi connectivity index (χ0v) is 12.6. The molecule has 0 aliphatic carbocycles. The normalized spacial score (nSPS) is 10.4. The summed E-state index contributed by atoms with van der Waals surface area (Å²) in [5.74, 6) is 0.551. The highest BCUT2D eigenvalue weighted by Gasteiger charge is 2.15. The molecule has 2 heterocycles. The lowest BCUT2D eigenvalue weighted by atomic mass is 10.4. The minimum atomic E-state index is -0.100. The Morgan fingerprint density at radius 1 is 1.38 bits per heavy atom. The Balaban J connectivity index is 2.27. The van der Waals surface area contributed by atoms with Gasteiger partial charge in [-0.1, -0.05) is 0 Å². The van der Waals surface area contributed by atoms with Gasteiger partial charge in [0.25, 0.3) is 5.95 Å². The number of likely N-dealkylation sites (N-methyl/N-ethyl adjacent to an activating group) is 2. The van der Waals surface area contributed by atoms with Crippen molar-refractivity contribution in [3.63, 3.8) is 0 Å². The number of rotatable bonds is 6. The average Bonchev–Trinajstić information content (AvgIpc) is 2.98. The summed E-state index contributed by atoms with van der Waals surface area (Å²) in [6.07, 6.45) is 3.32. The maximum Gasteiger partial charge on any atom is 0.256 e. The van der Waals surface area contributed by atoms with Crippen molar-refractivity contribution in [2.45, 2.75) is 13.8 Å². The maximum absolute atomic E-state index is 11.7. The molecule has 1 amide bonds. The van der Waals surface area contributed by atoms with Crippen molar-refractivity contribution in [1.82, 2.24) is 30.0 Å². The third-order valence-electron chi connectivity index (χ3n) is 2.67. The first-order valence-corrected chi connectivity index (χ1v) is 6.95. The van der Waals surface area contributed by atoms with E-state index in [2.05, 4.69) is 25.4 Å². The highest BCUT2D eigenvalue weighted by Crippen LogP contribution is 2.12. The first-order chi connectivity index (χ1) is 10.1. The maximum atomic E-state index is 11.7. The van der Waals surface area contributed by atoms with E-state index in [0.29, 0.717) is 25.0 Å². The van der Waals surface area contributed by atoms with Gasteiger partial charge in [0.2, 0.25) is 17.1 Å². The van der Waals surface area contributed by atoms with Gasteiger partial charge in [0.15, 0.2) is 0 Å². The van der Waals surface area contributed by atoms with Crippen molar-refractivity contribution in [2.75, 3.05) is 24.5 Å². The fourth-order valence-corrected chi connectivity index (χ4v) is 1.86. The van der Waals surface area contributed by atoms with Crippen LogP contribution < -0.4 is 10.2 Å². The summed E-state index contributed by atoms with van der Waals surface area (Å²) < 4.78 is 1.48. The molecule has 0 unspecified atom stereocenters. The number of aromatic nitrogens is 5. The zero-order valence-electron chi connectivity index (χ0n) is 11.8. The predicted octanol–water partition coefficient (Wildman–Crippen LogP) is 0.673. The number of hydrogen-bond acceptors (Lipinski definition) is 6. The minimum absolute atomic E-state index is 0.0554. The van der Waals surface area contributed by atoms with Crippen LogP contribution in [-0.4, -0.2) is 50.3 Å². The monoisotopic (exact) mass is 309 g/mol. The summed E-state index contributed by atoms with van der Waals surface area (Å²) in [5, 5.41) is 6.84. The van der Waals surface area contributed by atoms with E-state index in [9.17, 15) is 4.79 Å². The summed E-state index contributed by atoms with van der Waals surface area (Å²) >= 11 is 5.94. The van der Waals surface area contributed by atoms with E-state index >= 15 is 0 Å². The van der Waals surface area contributed by atoms with Gasteiger partial charge in [-0.25, -0.2) is 4.68 Å². The highest BCUT2D eigenvalue weighted by molar-refractivity contribution is 6.28. The van der Waals surface area contributed by atoms with Crippen LogP contribution in [0.2, 0.25) is 5.28 Å². The van der Waals surface area contributed by atoms with Gasteiger partial charge in [0.1, 0.15) is 0 Å². The zero-order chi connectivity index (χ0) is 15.2. The smallest absolute Gasteiger partial charge is 0.256 e. The topological polar surface area (TPSA) is 88.8 Å². The lowest BCUT2D eigenvalue weighted by Gasteiger charge is -2.20. The Morgan fingerprint density at radius 2 is 2.19 bits per heavy atom. The van der Waals surface area contributed by atoms with Gasteiger partial charge in [-0.05, 0) is 31.5 Å². The molecule has 0 spiro atoms. The molecule has 0 saturated carbocycles. The van der Waals surface area contributed by atoms with Crippen LogP contribution in [0, 0.1) is 0 Å². The molecule has 2 aromatic rings. The molecule has 0 aromatic carbocycles. The van der Waals surface area contributed by atoms with E-state index in [1.807, 2.05) is 13.8 Å². The van der Waals surface area contributed by atoms with Gasteiger partial charge < -0.3 is 10.2 Å². The molecule has 2 aromatic heterocycles. The summed E-state index contributed by atoms with van der Waals surface area (Å²) in [5.41, 5.74) is 0. The Hall–Kier alpha value is -2.22. The second-order valence-electron chi connectivity index (χ2n) is 4.12. The lowest BCUT2D eigenvalue weighted by Crippen LogP contribution is -2.38. The fourth-order valence-electron chi connectivity index (χ4n) is 1.71. The lowest BCUT2D eigenvalue weighted by molar-refractivity contribution is -0.119. The van der Waals surface area contributed by atoms with Crippen LogP contribution in [0.1, 0.15) is 13.8 Å². The molecule has 1 N–H and O–H groups in total. The largest absolute Gasteiger partial charge is 0.355 e. The molecule has 8 nitrogen and oxygen atoms in total. The summed E-state index contributed by atoms with van der Waals surface area (Å²) in [7, 11) is 0. The van der Waals surface area contributed by atoms with Gasteiger partial charge >= 0.3 is 0 Å². The molecule has 0 aliphatic rings. The van der Waals surface area contributed by atoms with Crippen LogP contribution in [0.4, 0.5) is 5.95 Å². The number of carbonyl (C=O) groups is 1. The molecule has 21 heavy (non-hydrogen) atoms. The first kappa shape index (κ1) is 15.2. The van der Waals surface area contributed by atoms with Crippen molar-refractivity contribution in [1.29, 1.82) is 0 Å². The van der Waals surface area contributed by atoms with E-state index in [4.69, 9.17) is 11.6 Å². The van der Waals surface area contributed by atoms with Crippen LogP contribution in [0.5, 0.6) is 0 Å². The Labute approximate surface area is 127 Å². The van der Waals surface area contributed by atoms with Crippen molar-refractivity contribution < 1.29 is 4.79 Å². The van der Waals surface area contributed by atoms with Crippen LogP contribution >= 0.6 is 11.6 Å². The third-order valence-corrected chi connectivity index (χ3v) is 2.84. The van der Waals surface area contributed by atoms with E-state index in [1.54, 1.807) is 23.4 Å². The van der Waals surface area contributed by atoms with E-state index in [0.717, 1.165) is 0 Å². The number of halogens is 1. The number of carbonyl (C=O) groups excluding carboxylic acids is 1. The average molecular weight is 310 g/mol. The summed E-state index contributed by atoms with van der Waals surface area (Å²) in [4.78, 5) is 25.8. The molecular weight excluding hydrogens is 294 g/mol. The van der Waals surface area contributed by atoms with E-state index in [-0.39, 0.29) is 17.7 Å². The molecule has 112 valence electrons. The number of hydrogen-bond donors (Lipinski definition) is 1. The second kappa shape index (κ2) is 6.98.